The van der Waals surface area contributed by atoms with Crippen molar-refractivity contribution in [3.63, 3.8) is 0 Å². The number of nitrogens with zero attached hydrogens (tertiary/aromatic N) is 3. The van der Waals surface area contributed by atoms with Gasteiger partial charge in [-0.3, -0.25) is 14.1 Å². The first kappa shape index (κ1) is 12.3. The Hall–Kier alpha value is -1.72. The van der Waals surface area contributed by atoms with Gasteiger partial charge in [-0.25, -0.2) is 4.98 Å². The topological polar surface area (TPSA) is 46.8 Å². The molecule has 2 aromatic rings. The summed E-state index contributed by atoms with van der Waals surface area (Å²) in [5.41, 5.74) is 2.32. The van der Waals surface area contributed by atoms with Crippen molar-refractivity contribution >= 4 is 11.4 Å². The number of carbonyl (C=O) groups excluding carboxylic acids is 1. The normalized spacial score (nSPS) is 16.9. The molecule has 1 aliphatic heterocycles. The first-order valence-corrected chi connectivity index (χ1v) is 6.53. The summed E-state index contributed by atoms with van der Waals surface area (Å²) in [5, 5.41) is 0. The average molecular weight is 259 g/mol. The molecule has 0 aromatic carbocycles. The molecule has 1 saturated heterocycles. The molecule has 3 heterocycles. The number of imidazole rings is 1. The number of hydrogen-bond donors (Lipinski definition) is 0. The van der Waals surface area contributed by atoms with Gasteiger partial charge in [0.15, 0.2) is 5.78 Å². The lowest BCUT2D eigenvalue weighted by Crippen LogP contribution is -2.39. The van der Waals surface area contributed by atoms with Crippen molar-refractivity contribution in [3.05, 3.63) is 35.8 Å². The minimum absolute atomic E-state index is 0.123. The molecule has 2 aromatic heterocycles. The van der Waals surface area contributed by atoms with Crippen LogP contribution in [0.15, 0.2) is 24.4 Å². The van der Waals surface area contributed by atoms with Gasteiger partial charge in [0.2, 0.25) is 0 Å². The molecule has 5 heteroatoms. The third-order valence-corrected chi connectivity index (χ3v) is 3.44. The van der Waals surface area contributed by atoms with Gasteiger partial charge in [-0.1, -0.05) is 6.07 Å². The first-order chi connectivity index (χ1) is 9.25. The van der Waals surface area contributed by atoms with Gasteiger partial charge >= 0.3 is 0 Å². The van der Waals surface area contributed by atoms with Crippen LogP contribution in [0.4, 0.5) is 0 Å². The molecule has 0 radical (unpaired) electrons. The van der Waals surface area contributed by atoms with Crippen LogP contribution in [0.1, 0.15) is 16.2 Å². The second kappa shape index (κ2) is 5.11. The number of pyridine rings is 1. The highest BCUT2D eigenvalue weighted by Gasteiger charge is 2.20. The van der Waals surface area contributed by atoms with Crippen molar-refractivity contribution in [1.82, 2.24) is 14.3 Å². The minimum Gasteiger partial charge on any atom is -0.379 e. The molecule has 0 saturated carbocycles. The molecule has 0 amide bonds. The number of fused-ring (bicyclic) bond motifs is 1. The predicted molar refractivity (Wildman–Crippen MR) is 71.5 cm³/mol. The number of morpholine rings is 1. The molecule has 1 fully saturated rings. The molecular formula is C14H17N3O2. The molecule has 0 aliphatic carbocycles. The van der Waals surface area contributed by atoms with Crippen LogP contribution in [-0.2, 0) is 4.74 Å². The zero-order chi connectivity index (χ0) is 13.2. The monoisotopic (exact) mass is 259 g/mol. The van der Waals surface area contributed by atoms with E-state index >= 15 is 0 Å². The molecule has 0 bridgehead atoms. The highest BCUT2D eigenvalue weighted by atomic mass is 16.5. The quantitative estimate of drug-likeness (QED) is 0.776. The highest BCUT2D eigenvalue weighted by Crippen LogP contribution is 2.13. The molecule has 5 nitrogen and oxygen atoms in total. The largest absolute Gasteiger partial charge is 0.379 e. The van der Waals surface area contributed by atoms with Crippen LogP contribution < -0.4 is 0 Å². The third kappa shape index (κ3) is 2.39. The van der Waals surface area contributed by atoms with E-state index in [1.165, 1.54) is 0 Å². The second-order valence-corrected chi connectivity index (χ2v) is 4.79. The molecule has 0 spiro atoms. The van der Waals surface area contributed by atoms with Crippen molar-refractivity contribution < 1.29 is 9.53 Å². The number of aryl methyl sites for hydroxylation is 1. The average Bonchev–Trinajstić information content (AvgIpc) is 2.75. The molecule has 0 atom stereocenters. The summed E-state index contributed by atoms with van der Waals surface area (Å²) in [4.78, 5) is 19.0. The van der Waals surface area contributed by atoms with Crippen LogP contribution in [0.3, 0.4) is 0 Å². The maximum atomic E-state index is 12.5. The Labute approximate surface area is 111 Å². The van der Waals surface area contributed by atoms with E-state index in [1.54, 1.807) is 0 Å². The maximum absolute atomic E-state index is 12.5. The van der Waals surface area contributed by atoms with Crippen LogP contribution in [0, 0.1) is 6.92 Å². The lowest BCUT2D eigenvalue weighted by Gasteiger charge is -2.25. The van der Waals surface area contributed by atoms with E-state index in [0.29, 0.717) is 25.5 Å². The number of carbonyl (C=O) groups is 1. The Morgan fingerprint density at radius 1 is 1.37 bits per heavy atom. The van der Waals surface area contributed by atoms with Gasteiger partial charge in [-0.05, 0) is 19.1 Å². The van der Waals surface area contributed by atoms with Crippen molar-refractivity contribution in [3.8, 4) is 0 Å². The number of hydrogen-bond acceptors (Lipinski definition) is 4. The van der Waals surface area contributed by atoms with Gasteiger partial charge in [0.25, 0.3) is 0 Å². The second-order valence-electron chi connectivity index (χ2n) is 4.79. The Balaban J connectivity index is 1.86. The zero-order valence-electron chi connectivity index (χ0n) is 11.0. The number of aromatic nitrogens is 2. The van der Waals surface area contributed by atoms with Crippen molar-refractivity contribution in [2.75, 3.05) is 32.8 Å². The van der Waals surface area contributed by atoms with E-state index in [-0.39, 0.29) is 5.78 Å². The fourth-order valence-corrected chi connectivity index (χ4v) is 2.49. The summed E-state index contributed by atoms with van der Waals surface area (Å²) in [7, 11) is 0. The van der Waals surface area contributed by atoms with E-state index in [0.717, 1.165) is 24.4 Å². The van der Waals surface area contributed by atoms with Crippen molar-refractivity contribution in [1.29, 1.82) is 0 Å². The summed E-state index contributed by atoms with van der Waals surface area (Å²) in [6, 6.07) is 5.76. The fraction of sp³-hybridized carbons (Fsp3) is 0.429. The predicted octanol–water partition coefficient (Wildman–Crippen LogP) is 1.16. The van der Waals surface area contributed by atoms with E-state index in [9.17, 15) is 4.79 Å². The fourth-order valence-electron chi connectivity index (χ4n) is 2.49. The number of Topliss-reactive ketones (excluding diaryl/α,β-unsaturated/α-hetero) is 1. The van der Waals surface area contributed by atoms with E-state index in [4.69, 9.17) is 4.74 Å². The van der Waals surface area contributed by atoms with E-state index < -0.39 is 0 Å². The maximum Gasteiger partial charge on any atom is 0.195 e. The van der Waals surface area contributed by atoms with E-state index in [1.807, 2.05) is 35.7 Å². The number of ketones is 1. The standard InChI is InChI=1S/C14H17N3O2/c1-11-14(17-5-3-2-4-13(17)15-11)12(18)10-16-6-8-19-9-7-16/h2-5H,6-10H2,1H3. The van der Waals surface area contributed by atoms with Crippen LogP contribution in [0.25, 0.3) is 5.65 Å². The van der Waals surface area contributed by atoms with E-state index in [2.05, 4.69) is 9.88 Å². The van der Waals surface area contributed by atoms with Gasteiger partial charge < -0.3 is 4.74 Å². The van der Waals surface area contributed by atoms with Gasteiger partial charge in [0.05, 0.1) is 25.5 Å². The number of rotatable bonds is 3. The zero-order valence-corrected chi connectivity index (χ0v) is 11.0. The third-order valence-electron chi connectivity index (χ3n) is 3.44. The first-order valence-electron chi connectivity index (χ1n) is 6.53. The van der Waals surface area contributed by atoms with Crippen LogP contribution in [0.2, 0.25) is 0 Å². The Bertz CT molecular complexity index is 600. The number of ether oxygens (including phenoxy) is 1. The summed E-state index contributed by atoms with van der Waals surface area (Å²) >= 11 is 0. The Kier molecular flexibility index (Phi) is 3.31. The van der Waals surface area contributed by atoms with Crippen LogP contribution in [0.5, 0.6) is 0 Å². The minimum atomic E-state index is 0.123. The molecule has 100 valence electrons. The Morgan fingerprint density at radius 3 is 2.95 bits per heavy atom. The molecule has 1 aliphatic rings. The highest BCUT2D eigenvalue weighted by molar-refractivity contribution is 5.98. The Morgan fingerprint density at radius 2 is 2.16 bits per heavy atom. The molecule has 0 unspecified atom stereocenters. The smallest absolute Gasteiger partial charge is 0.195 e. The van der Waals surface area contributed by atoms with Crippen LogP contribution >= 0.6 is 0 Å². The van der Waals surface area contributed by atoms with Crippen molar-refractivity contribution in [2.45, 2.75) is 6.92 Å². The van der Waals surface area contributed by atoms with Crippen molar-refractivity contribution in [2.24, 2.45) is 0 Å². The lowest BCUT2D eigenvalue weighted by molar-refractivity contribution is 0.0369. The summed E-state index contributed by atoms with van der Waals surface area (Å²) in [6.07, 6.45) is 1.89. The molecular weight excluding hydrogens is 242 g/mol. The van der Waals surface area contributed by atoms with Gasteiger partial charge in [-0.2, -0.15) is 0 Å². The molecule has 0 N–H and O–H groups in total. The summed E-state index contributed by atoms with van der Waals surface area (Å²) in [6.45, 7) is 5.38. The summed E-state index contributed by atoms with van der Waals surface area (Å²) in [5.74, 6) is 0.123. The van der Waals surface area contributed by atoms with Crippen LogP contribution in [-0.4, -0.2) is 52.9 Å². The van der Waals surface area contributed by atoms with Gasteiger partial charge in [0.1, 0.15) is 11.3 Å². The SMILES string of the molecule is Cc1nc2ccccn2c1C(=O)CN1CCOCC1. The molecule has 3 rings (SSSR count). The van der Waals surface area contributed by atoms with Gasteiger partial charge in [-0.15, -0.1) is 0 Å². The lowest BCUT2D eigenvalue weighted by atomic mass is 10.2. The summed E-state index contributed by atoms with van der Waals surface area (Å²) < 4.78 is 7.17. The van der Waals surface area contributed by atoms with Gasteiger partial charge in [0, 0.05) is 19.3 Å². The molecule has 19 heavy (non-hydrogen) atoms.